The predicted octanol–water partition coefficient (Wildman–Crippen LogP) is 0.657. The zero-order valence-corrected chi connectivity index (χ0v) is 9.65. The molecule has 0 radical (unpaired) electrons. The van der Waals surface area contributed by atoms with E-state index in [2.05, 4.69) is 10.1 Å². The monoisotopic (exact) mass is 235 g/mol. The molecule has 0 amide bonds. The van der Waals surface area contributed by atoms with Gasteiger partial charge in [0.2, 0.25) is 0 Å². The van der Waals surface area contributed by atoms with Gasteiger partial charge < -0.3 is 5.11 Å². The lowest BCUT2D eigenvalue weighted by Crippen LogP contribution is -2.22. The second kappa shape index (κ2) is 4.04. The number of carboxylic acid groups (broad SMARTS) is 1. The van der Waals surface area contributed by atoms with Crippen LogP contribution in [0.3, 0.4) is 0 Å². The second-order valence-electron chi connectivity index (χ2n) is 4.01. The van der Waals surface area contributed by atoms with Gasteiger partial charge in [0, 0.05) is 29.4 Å². The SMILES string of the molecule is Cc1cc2nc(C)c(CCC(=O)O)c(=O)n2[nH]1. The molecule has 0 saturated heterocycles. The molecule has 0 aliphatic heterocycles. The normalized spacial score (nSPS) is 10.9. The van der Waals surface area contributed by atoms with Gasteiger partial charge >= 0.3 is 5.97 Å². The summed E-state index contributed by atoms with van der Waals surface area (Å²) in [7, 11) is 0. The lowest BCUT2D eigenvalue weighted by atomic mass is 10.1. The lowest BCUT2D eigenvalue weighted by molar-refractivity contribution is -0.136. The van der Waals surface area contributed by atoms with Crippen LogP contribution in [0.1, 0.15) is 23.4 Å². The minimum atomic E-state index is -0.920. The summed E-state index contributed by atoms with van der Waals surface area (Å²) in [6.07, 6.45) is 0.136. The molecule has 17 heavy (non-hydrogen) atoms. The Bertz CT molecular complexity index is 639. The van der Waals surface area contributed by atoms with Crippen molar-refractivity contribution in [2.24, 2.45) is 0 Å². The standard InChI is InChI=1S/C11H13N3O3/c1-6-5-9-12-7(2)8(3-4-10(15)16)11(17)14(9)13-6/h5,13H,3-4H2,1-2H3,(H,15,16). The van der Waals surface area contributed by atoms with Crippen molar-refractivity contribution in [1.29, 1.82) is 0 Å². The van der Waals surface area contributed by atoms with E-state index in [-0.39, 0.29) is 18.4 Å². The number of hydrogen-bond donors (Lipinski definition) is 2. The first-order valence-corrected chi connectivity index (χ1v) is 5.28. The van der Waals surface area contributed by atoms with Crippen LogP contribution in [0.15, 0.2) is 10.9 Å². The summed E-state index contributed by atoms with van der Waals surface area (Å²) in [5.41, 5.74) is 2.22. The molecule has 0 atom stereocenters. The third-order valence-corrected chi connectivity index (χ3v) is 2.63. The van der Waals surface area contributed by atoms with Crippen molar-refractivity contribution in [2.75, 3.05) is 0 Å². The van der Waals surface area contributed by atoms with Crippen LogP contribution in [0.25, 0.3) is 5.65 Å². The molecule has 2 N–H and O–H groups in total. The van der Waals surface area contributed by atoms with E-state index >= 15 is 0 Å². The van der Waals surface area contributed by atoms with Gasteiger partial charge in [-0.3, -0.25) is 14.7 Å². The number of H-pyrrole nitrogens is 1. The van der Waals surface area contributed by atoms with Crippen molar-refractivity contribution in [3.05, 3.63) is 33.4 Å². The van der Waals surface area contributed by atoms with Gasteiger partial charge in [-0.05, 0) is 20.3 Å². The minimum absolute atomic E-state index is 0.0660. The van der Waals surface area contributed by atoms with Gasteiger partial charge in [-0.25, -0.2) is 9.50 Å². The molecule has 90 valence electrons. The van der Waals surface area contributed by atoms with E-state index in [1.165, 1.54) is 4.52 Å². The molecule has 2 aromatic heterocycles. The smallest absolute Gasteiger partial charge is 0.303 e. The summed E-state index contributed by atoms with van der Waals surface area (Å²) in [6, 6.07) is 1.77. The minimum Gasteiger partial charge on any atom is -0.481 e. The number of carbonyl (C=O) groups is 1. The number of carboxylic acids is 1. The van der Waals surface area contributed by atoms with Crippen LogP contribution in [-0.2, 0) is 11.2 Å². The molecule has 0 aliphatic carbocycles. The highest BCUT2D eigenvalue weighted by atomic mass is 16.4. The number of hydrogen-bond acceptors (Lipinski definition) is 3. The summed E-state index contributed by atoms with van der Waals surface area (Å²) in [6.45, 7) is 3.56. The first-order chi connectivity index (χ1) is 7.99. The molecule has 6 nitrogen and oxygen atoms in total. The maximum Gasteiger partial charge on any atom is 0.303 e. The van der Waals surface area contributed by atoms with Crippen LogP contribution in [0, 0.1) is 13.8 Å². The van der Waals surface area contributed by atoms with Crippen molar-refractivity contribution in [2.45, 2.75) is 26.7 Å². The Morgan fingerprint density at radius 1 is 1.53 bits per heavy atom. The molecule has 0 unspecified atom stereocenters. The van der Waals surface area contributed by atoms with Gasteiger partial charge in [0.15, 0.2) is 5.65 Å². The van der Waals surface area contributed by atoms with E-state index in [0.29, 0.717) is 16.9 Å². The Morgan fingerprint density at radius 2 is 2.24 bits per heavy atom. The fourth-order valence-corrected chi connectivity index (χ4v) is 1.81. The largest absolute Gasteiger partial charge is 0.481 e. The Labute approximate surface area is 96.9 Å². The predicted molar refractivity (Wildman–Crippen MR) is 61.2 cm³/mol. The molecule has 0 saturated carbocycles. The number of fused-ring (bicyclic) bond motifs is 1. The average molecular weight is 235 g/mol. The van der Waals surface area contributed by atoms with E-state index in [0.717, 1.165) is 5.69 Å². The topological polar surface area (TPSA) is 87.5 Å². The molecule has 2 heterocycles. The Kier molecular flexibility index (Phi) is 2.71. The molecule has 0 bridgehead atoms. The van der Waals surface area contributed by atoms with Gasteiger partial charge in [0.05, 0.1) is 0 Å². The molecular weight excluding hydrogens is 222 g/mol. The number of rotatable bonds is 3. The fraction of sp³-hybridized carbons (Fsp3) is 0.364. The van der Waals surface area contributed by atoms with Gasteiger partial charge in [-0.1, -0.05) is 0 Å². The van der Waals surface area contributed by atoms with E-state index < -0.39 is 5.97 Å². The first-order valence-electron chi connectivity index (χ1n) is 5.28. The van der Waals surface area contributed by atoms with Gasteiger partial charge in [0.25, 0.3) is 5.56 Å². The van der Waals surface area contributed by atoms with Crippen LogP contribution in [0.4, 0.5) is 0 Å². The van der Waals surface area contributed by atoms with Crippen LogP contribution >= 0.6 is 0 Å². The summed E-state index contributed by atoms with van der Waals surface area (Å²) in [5.74, 6) is -0.920. The highest BCUT2D eigenvalue weighted by Crippen LogP contribution is 2.07. The van der Waals surface area contributed by atoms with Crippen molar-refractivity contribution in [1.82, 2.24) is 14.6 Å². The van der Waals surface area contributed by atoms with Crippen LogP contribution < -0.4 is 5.56 Å². The van der Waals surface area contributed by atoms with Crippen molar-refractivity contribution in [3.63, 3.8) is 0 Å². The lowest BCUT2D eigenvalue weighted by Gasteiger charge is -2.03. The molecule has 2 aromatic rings. The number of nitrogens with zero attached hydrogens (tertiary/aromatic N) is 2. The Morgan fingerprint density at radius 3 is 2.88 bits per heavy atom. The second-order valence-corrected chi connectivity index (χ2v) is 4.01. The molecule has 0 aliphatic rings. The number of nitrogens with one attached hydrogen (secondary N) is 1. The zero-order chi connectivity index (χ0) is 12.6. The first kappa shape index (κ1) is 11.4. The zero-order valence-electron chi connectivity index (χ0n) is 9.65. The number of aromatic amines is 1. The quantitative estimate of drug-likeness (QED) is 0.817. The van der Waals surface area contributed by atoms with E-state index in [9.17, 15) is 9.59 Å². The highest BCUT2D eigenvalue weighted by Gasteiger charge is 2.12. The molecule has 0 aromatic carbocycles. The van der Waals surface area contributed by atoms with E-state index in [1.54, 1.807) is 13.0 Å². The van der Waals surface area contributed by atoms with Gasteiger partial charge in [-0.2, -0.15) is 0 Å². The average Bonchev–Trinajstić information content (AvgIpc) is 2.58. The molecule has 6 heteroatoms. The van der Waals surface area contributed by atoms with Gasteiger partial charge in [0.1, 0.15) is 0 Å². The van der Waals surface area contributed by atoms with Crippen LogP contribution in [-0.4, -0.2) is 25.7 Å². The summed E-state index contributed by atoms with van der Waals surface area (Å²) in [4.78, 5) is 26.9. The number of aliphatic carboxylic acids is 1. The maximum atomic E-state index is 12.1. The number of aromatic nitrogens is 3. The fourth-order valence-electron chi connectivity index (χ4n) is 1.81. The van der Waals surface area contributed by atoms with Crippen molar-refractivity contribution < 1.29 is 9.90 Å². The van der Waals surface area contributed by atoms with Crippen LogP contribution in [0.2, 0.25) is 0 Å². The Hall–Kier alpha value is -2.11. The van der Waals surface area contributed by atoms with E-state index in [4.69, 9.17) is 5.11 Å². The third-order valence-electron chi connectivity index (χ3n) is 2.63. The van der Waals surface area contributed by atoms with Crippen LogP contribution in [0.5, 0.6) is 0 Å². The molecule has 0 spiro atoms. The molecule has 0 fully saturated rings. The van der Waals surface area contributed by atoms with Crippen molar-refractivity contribution in [3.8, 4) is 0 Å². The Balaban J connectivity index is 2.55. The van der Waals surface area contributed by atoms with Gasteiger partial charge in [-0.15, -0.1) is 0 Å². The molecular formula is C11H13N3O3. The van der Waals surface area contributed by atoms with Crippen molar-refractivity contribution >= 4 is 11.6 Å². The number of aryl methyl sites for hydroxylation is 2. The third kappa shape index (κ3) is 2.06. The summed E-state index contributed by atoms with van der Waals surface area (Å²) >= 11 is 0. The summed E-state index contributed by atoms with van der Waals surface area (Å²) in [5, 5.41) is 11.5. The molecule has 2 rings (SSSR count). The summed E-state index contributed by atoms with van der Waals surface area (Å²) < 4.78 is 1.35. The van der Waals surface area contributed by atoms with E-state index in [1.807, 2.05) is 6.92 Å². The maximum absolute atomic E-state index is 12.1. The highest BCUT2D eigenvalue weighted by molar-refractivity contribution is 5.67.